The minimum atomic E-state index is -0.473. The SMILES string of the molecule is COc1cccc(C(=O)Nc2ccn(Cc3c(C)noc3C)n2)c1O. The van der Waals surface area contributed by atoms with Gasteiger partial charge in [0.05, 0.1) is 24.9 Å². The maximum Gasteiger partial charge on any atom is 0.260 e. The normalized spacial score (nSPS) is 10.7. The molecule has 0 spiro atoms. The van der Waals surface area contributed by atoms with Crippen LogP contribution in [-0.4, -0.2) is 33.1 Å². The van der Waals surface area contributed by atoms with E-state index < -0.39 is 5.91 Å². The van der Waals surface area contributed by atoms with Gasteiger partial charge < -0.3 is 19.7 Å². The van der Waals surface area contributed by atoms with E-state index in [9.17, 15) is 9.90 Å². The topological polar surface area (TPSA) is 102 Å². The van der Waals surface area contributed by atoms with Crippen LogP contribution in [-0.2, 0) is 6.54 Å². The van der Waals surface area contributed by atoms with Gasteiger partial charge in [-0.05, 0) is 26.0 Å². The number of carbonyl (C=O) groups excluding carboxylic acids is 1. The molecule has 130 valence electrons. The van der Waals surface area contributed by atoms with Crippen LogP contribution in [0.2, 0.25) is 0 Å². The van der Waals surface area contributed by atoms with Crippen molar-refractivity contribution in [3.8, 4) is 11.5 Å². The number of anilines is 1. The lowest BCUT2D eigenvalue weighted by Gasteiger charge is -2.08. The summed E-state index contributed by atoms with van der Waals surface area (Å²) in [6, 6.07) is 6.38. The van der Waals surface area contributed by atoms with Crippen molar-refractivity contribution >= 4 is 11.7 Å². The van der Waals surface area contributed by atoms with Gasteiger partial charge >= 0.3 is 0 Å². The molecular formula is C17H18N4O4. The molecule has 0 fully saturated rings. The van der Waals surface area contributed by atoms with Crippen LogP contribution in [0.4, 0.5) is 5.82 Å². The average molecular weight is 342 g/mol. The Balaban J connectivity index is 1.74. The Labute approximate surface area is 144 Å². The smallest absolute Gasteiger partial charge is 0.260 e. The first kappa shape index (κ1) is 16.6. The van der Waals surface area contributed by atoms with Gasteiger partial charge in [0.2, 0.25) is 0 Å². The van der Waals surface area contributed by atoms with Crippen molar-refractivity contribution in [2.24, 2.45) is 0 Å². The second kappa shape index (κ2) is 6.68. The number of amides is 1. The number of aromatic hydroxyl groups is 1. The number of phenols is 1. The van der Waals surface area contributed by atoms with Crippen LogP contribution in [0.25, 0.3) is 0 Å². The summed E-state index contributed by atoms with van der Waals surface area (Å²) >= 11 is 0. The number of benzene rings is 1. The third-order valence-electron chi connectivity index (χ3n) is 3.85. The summed E-state index contributed by atoms with van der Waals surface area (Å²) in [5, 5.41) is 20.9. The van der Waals surface area contributed by atoms with E-state index in [0.717, 1.165) is 17.0 Å². The van der Waals surface area contributed by atoms with Gasteiger partial charge in [-0.2, -0.15) is 5.10 Å². The third kappa shape index (κ3) is 3.32. The summed E-state index contributed by atoms with van der Waals surface area (Å²) in [5.41, 5.74) is 1.87. The first-order chi connectivity index (χ1) is 12.0. The maximum atomic E-state index is 12.3. The van der Waals surface area contributed by atoms with E-state index in [1.54, 1.807) is 29.1 Å². The summed E-state index contributed by atoms with van der Waals surface area (Å²) in [6.45, 7) is 4.19. The zero-order valence-corrected chi connectivity index (χ0v) is 14.1. The van der Waals surface area contributed by atoms with Gasteiger partial charge in [0.15, 0.2) is 17.3 Å². The monoisotopic (exact) mass is 342 g/mol. The highest BCUT2D eigenvalue weighted by Gasteiger charge is 2.16. The van der Waals surface area contributed by atoms with Gasteiger partial charge in [0, 0.05) is 17.8 Å². The lowest BCUT2D eigenvalue weighted by atomic mass is 10.1. The van der Waals surface area contributed by atoms with Crippen LogP contribution in [0.15, 0.2) is 35.0 Å². The van der Waals surface area contributed by atoms with E-state index >= 15 is 0 Å². The molecular weight excluding hydrogens is 324 g/mol. The van der Waals surface area contributed by atoms with Gasteiger partial charge in [0.1, 0.15) is 5.76 Å². The largest absolute Gasteiger partial charge is 0.504 e. The minimum absolute atomic E-state index is 0.111. The van der Waals surface area contributed by atoms with Gasteiger partial charge in [0.25, 0.3) is 5.91 Å². The lowest BCUT2D eigenvalue weighted by Crippen LogP contribution is -2.13. The molecule has 1 aromatic carbocycles. The van der Waals surface area contributed by atoms with Crippen molar-refractivity contribution in [2.75, 3.05) is 12.4 Å². The number of nitrogens with one attached hydrogen (secondary N) is 1. The minimum Gasteiger partial charge on any atom is -0.504 e. The van der Waals surface area contributed by atoms with E-state index in [-0.39, 0.29) is 17.1 Å². The van der Waals surface area contributed by atoms with Crippen molar-refractivity contribution in [3.63, 3.8) is 0 Å². The predicted octanol–water partition coefficient (Wildman–Crippen LogP) is 2.50. The number of nitrogens with zero attached hydrogens (tertiary/aromatic N) is 3. The molecule has 0 saturated heterocycles. The second-order valence-corrected chi connectivity index (χ2v) is 5.51. The first-order valence-electron chi connectivity index (χ1n) is 7.62. The van der Waals surface area contributed by atoms with Crippen LogP contribution in [0.5, 0.6) is 11.5 Å². The Hall–Kier alpha value is -3.29. The number of hydrogen-bond acceptors (Lipinski definition) is 6. The van der Waals surface area contributed by atoms with Crippen molar-refractivity contribution in [3.05, 3.63) is 53.0 Å². The fourth-order valence-corrected chi connectivity index (χ4v) is 2.46. The summed E-state index contributed by atoms with van der Waals surface area (Å²) in [6.07, 6.45) is 1.74. The number of carbonyl (C=O) groups is 1. The molecule has 8 heteroatoms. The molecule has 1 amide bonds. The van der Waals surface area contributed by atoms with E-state index in [1.807, 2.05) is 13.8 Å². The molecule has 0 saturated carbocycles. The van der Waals surface area contributed by atoms with E-state index in [0.29, 0.717) is 12.4 Å². The number of phenolic OH excluding ortho intramolecular Hbond substituents is 1. The molecule has 8 nitrogen and oxygen atoms in total. The van der Waals surface area contributed by atoms with Gasteiger partial charge in [-0.25, -0.2) is 0 Å². The predicted molar refractivity (Wildman–Crippen MR) is 89.9 cm³/mol. The molecule has 2 aromatic heterocycles. The summed E-state index contributed by atoms with van der Waals surface area (Å²) in [4.78, 5) is 12.3. The zero-order chi connectivity index (χ0) is 18.0. The highest BCUT2D eigenvalue weighted by molar-refractivity contribution is 6.06. The molecule has 0 unspecified atom stereocenters. The van der Waals surface area contributed by atoms with Gasteiger partial charge in [-0.1, -0.05) is 11.2 Å². The Bertz CT molecular complexity index is 894. The van der Waals surface area contributed by atoms with Gasteiger partial charge in [-0.15, -0.1) is 0 Å². The number of methoxy groups -OCH3 is 1. The van der Waals surface area contributed by atoms with E-state index in [1.165, 1.54) is 13.2 Å². The number of rotatable bonds is 5. The fourth-order valence-electron chi connectivity index (χ4n) is 2.46. The molecule has 3 aromatic rings. The molecule has 3 rings (SSSR count). The summed E-state index contributed by atoms with van der Waals surface area (Å²) in [7, 11) is 1.42. The molecule has 2 heterocycles. The highest BCUT2D eigenvalue weighted by atomic mass is 16.5. The molecule has 0 aliphatic carbocycles. The van der Waals surface area contributed by atoms with Crippen LogP contribution >= 0.6 is 0 Å². The summed E-state index contributed by atoms with van der Waals surface area (Å²) < 4.78 is 11.8. The summed E-state index contributed by atoms with van der Waals surface area (Å²) in [5.74, 6) is 0.659. The number of para-hydroxylation sites is 1. The van der Waals surface area contributed by atoms with E-state index in [4.69, 9.17) is 9.26 Å². The molecule has 25 heavy (non-hydrogen) atoms. The van der Waals surface area contributed by atoms with Crippen LogP contribution < -0.4 is 10.1 Å². The van der Waals surface area contributed by atoms with Crippen LogP contribution in [0.3, 0.4) is 0 Å². The second-order valence-electron chi connectivity index (χ2n) is 5.51. The first-order valence-corrected chi connectivity index (χ1v) is 7.62. The van der Waals surface area contributed by atoms with Crippen LogP contribution in [0.1, 0.15) is 27.4 Å². The molecule has 2 N–H and O–H groups in total. The molecule has 0 radical (unpaired) electrons. The average Bonchev–Trinajstić information content (AvgIpc) is 3.16. The maximum absolute atomic E-state index is 12.3. The molecule has 0 aliphatic heterocycles. The van der Waals surface area contributed by atoms with Crippen molar-refractivity contribution in [2.45, 2.75) is 20.4 Å². The third-order valence-corrected chi connectivity index (χ3v) is 3.85. The van der Waals surface area contributed by atoms with Crippen LogP contribution in [0, 0.1) is 13.8 Å². The Morgan fingerprint density at radius 3 is 2.84 bits per heavy atom. The number of ether oxygens (including phenoxy) is 1. The fraction of sp³-hybridized carbons (Fsp3) is 0.235. The molecule has 0 atom stereocenters. The molecule has 0 bridgehead atoms. The number of aryl methyl sites for hydroxylation is 2. The zero-order valence-electron chi connectivity index (χ0n) is 14.1. The molecule has 0 aliphatic rings. The van der Waals surface area contributed by atoms with Crippen molar-refractivity contribution < 1.29 is 19.2 Å². The Kier molecular flexibility index (Phi) is 4.42. The Morgan fingerprint density at radius 1 is 1.36 bits per heavy atom. The Morgan fingerprint density at radius 2 is 2.16 bits per heavy atom. The quantitative estimate of drug-likeness (QED) is 0.738. The number of aromatic nitrogens is 3. The van der Waals surface area contributed by atoms with E-state index in [2.05, 4.69) is 15.6 Å². The van der Waals surface area contributed by atoms with Crippen molar-refractivity contribution in [1.29, 1.82) is 0 Å². The standard InChI is InChI=1S/C17H18N4O4/c1-10-13(11(2)25-20-10)9-21-8-7-15(19-21)18-17(23)12-5-4-6-14(24-3)16(12)22/h4-8,22H,9H2,1-3H3,(H,18,19,23). The highest BCUT2D eigenvalue weighted by Crippen LogP contribution is 2.29. The van der Waals surface area contributed by atoms with Gasteiger partial charge in [-0.3, -0.25) is 9.48 Å². The van der Waals surface area contributed by atoms with Crippen molar-refractivity contribution in [1.82, 2.24) is 14.9 Å². The lowest BCUT2D eigenvalue weighted by molar-refractivity contribution is 0.102. The number of hydrogen-bond donors (Lipinski definition) is 2.